The quantitative estimate of drug-likeness (QED) is 0.635. The third-order valence-electron chi connectivity index (χ3n) is 5.51. The lowest BCUT2D eigenvalue weighted by Gasteiger charge is -2.22. The van der Waals surface area contributed by atoms with Crippen molar-refractivity contribution in [2.75, 3.05) is 6.54 Å². The second-order valence-electron chi connectivity index (χ2n) is 7.98. The molecule has 1 atom stereocenters. The lowest BCUT2D eigenvalue weighted by atomic mass is 9.91. The molecule has 0 bridgehead atoms. The number of aromatic nitrogens is 1. The van der Waals surface area contributed by atoms with E-state index < -0.39 is 17.5 Å². The van der Waals surface area contributed by atoms with Gasteiger partial charge in [0.15, 0.2) is 5.78 Å². The summed E-state index contributed by atoms with van der Waals surface area (Å²) in [5.41, 5.74) is 2.99. The third kappa shape index (κ3) is 3.13. The molecule has 28 heavy (non-hydrogen) atoms. The molecule has 1 N–H and O–H groups in total. The minimum Gasteiger partial charge on any atom is -0.346 e. The number of rotatable bonds is 5. The first-order valence-electron chi connectivity index (χ1n) is 9.49. The van der Waals surface area contributed by atoms with Gasteiger partial charge in [0.1, 0.15) is 5.54 Å². The molecule has 148 valence electrons. The molecule has 0 aliphatic carbocycles. The molecule has 0 saturated carbocycles. The first-order chi connectivity index (χ1) is 13.1. The predicted octanol–water partition coefficient (Wildman–Crippen LogP) is 3.64. The largest absolute Gasteiger partial charge is 0.346 e. The van der Waals surface area contributed by atoms with Crippen LogP contribution in [0.5, 0.6) is 0 Å². The van der Waals surface area contributed by atoms with Crippen LogP contribution in [0.25, 0.3) is 0 Å². The average Bonchev–Trinajstić information content (AvgIpc) is 3.03. The lowest BCUT2D eigenvalue weighted by Crippen LogP contribution is -2.41. The van der Waals surface area contributed by atoms with Crippen molar-refractivity contribution in [1.82, 2.24) is 14.8 Å². The second-order valence-corrected chi connectivity index (χ2v) is 7.98. The Labute approximate surface area is 165 Å². The van der Waals surface area contributed by atoms with E-state index in [1.165, 1.54) is 0 Å². The molecule has 3 rings (SSSR count). The van der Waals surface area contributed by atoms with Crippen molar-refractivity contribution in [1.29, 1.82) is 0 Å². The van der Waals surface area contributed by atoms with E-state index in [4.69, 9.17) is 0 Å². The van der Waals surface area contributed by atoms with Gasteiger partial charge < -0.3 is 9.88 Å². The molecule has 0 spiro atoms. The maximum atomic E-state index is 13.0. The molecule has 1 saturated heterocycles. The molecule has 1 fully saturated rings. The lowest BCUT2D eigenvalue weighted by molar-refractivity contribution is -0.130. The zero-order valence-electron chi connectivity index (χ0n) is 17.3. The maximum absolute atomic E-state index is 13.0. The van der Waals surface area contributed by atoms with E-state index in [1.807, 2.05) is 51.1 Å². The predicted molar refractivity (Wildman–Crippen MR) is 107 cm³/mol. The number of aryl methyl sites for hydroxylation is 2. The highest BCUT2D eigenvalue weighted by molar-refractivity contribution is 6.11. The summed E-state index contributed by atoms with van der Waals surface area (Å²) < 4.78 is 2.08. The Balaban J connectivity index is 1.86. The van der Waals surface area contributed by atoms with Crippen LogP contribution >= 0.6 is 0 Å². The summed E-state index contributed by atoms with van der Waals surface area (Å²) in [6, 6.07) is 8.96. The normalized spacial score (nSPS) is 19.5. The van der Waals surface area contributed by atoms with E-state index in [0.717, 1.165) is 21.9 Å². The third-order valence-corrected chi connectivity index (χ3v) is 5.51. The smallest absolute Gasteiger partial charge is 0.325 e. The van der Waals surface area contributed by atoms with Crippen LogP contribution < -0.4 is 5.32 Å². The average molecular weight is 381 g/mol. The second kappa shape index (κ2) is 6.93. The van der Waals surface area contributed by atoms with Crippen molar-refractivity contribution in [3.63, 3.8) is 0 Å². The molecule has 1 aromatic carbocycles. The topological polar surface area (TPSA) is 71.4 Å². The molecule has 1 aromatic heterocycles. The summed E-state index contributed by atoms with van der Waals surface area (Å²) in [7, 11) is 0. The minimum atomic E-state index is -1.17. The zero-order valence-corrected chi connectivity index (χ0v) is 17.3. The van der Waals surface area contributed by atoms with Crippen LogP contribution in [-0.4, -0.2) is 33.7 Å². The summed E-state index contributed by atoms with van der Waals surface area (Å²) in [4.78, 5) is 39.5. The van der Waals surface area contributed by atoms with Crippen LogP contribution in [0.15, 0.2) is 30.3 Å². The van der Waals surface area contributed by atoms with Gasteiger partial charge in [-0.3, -0.25) is 14.5 Å². The van der Waals surface area contributed by atoms with Crippen LogP contribution in [-0.2, 0) is 10.3 Å². The standard InChI is InChI=1S/C22H27N3O3/c1-13(2)25-15(4)11-18(16(25)5)19(26)12-24-20(27)22(6,23-21(24)28)17-9-7-14(3)8-10-17/h7-11,13H,12H2,1-6H3,(H,23,28). The van der Waals surface area contributed by atoms with E-state index in [0.29, 0.717) is 11.1 Å². The summed E-state index contributed by atoms with van der Waals surface area (Å²) in [6.45, 7) is 11.3. The first-order valence-corrected chi connectivity index (χ1v) is 9.49. The fourth-order valence-electron chi connectivity index (χ4n) is 4.01. The van der Waals surface area contributed by atoms with Gasteiger partial charge in [-0.2, -0.15) is 0 Å². The SMILES string of the molecule is Cc1ccc(C2(C)NC(=O)N(CC(=O)c3cc(C)n(C(C)C)c3C)C2=O)cc1. The number of hydrogen-bond donors (Lipinski definition) is 1. The van der Waals surface area contributed by atoms with Crippen LogP contribution in [0.4, 0.5) is 4.79 Å². The maximum Gasteiger partial charge on any atom is 0.325 e. The number of imide groups is 1. The van der Waals surface area contributed by atoms with Crippen LogP contribution in [0.2, 0.25) is 0 Å². The number of nitrogens with one attached hydrogen (secondary N) is 1. The number of nitrogens with zero attached hydrogens (tertiary/aromatic N) is 2. The monoisotopic (exact) mass is 381 g/mol. The Kier molecular flexibility index (Phi) is 4.91. The van der Waals surface area contributed by atoms with Gasteiger partial charge in [0.25, 0.3) is 5.91 Å². The highest BCUT2D eigenvalue weighted by atomic mass is 16.2. The minimum absolute atomic E-state index is 0.225. The van der Waals surface area contributed by atoms with E-state index in [-0.39, 0.29) is 18.4 Å². The fourth-order valence-corrected chi connectivity index (χ4v) is 4.01. The van der Waals surface area contributed by atoms with Gasteiger partial charge in [-0.15, -0.1) is 0 Å². The van der Waals surface area contributed by atoms with Crippen LogP contribution in [0.3, 0.4) is 0 Å². The number of ketones is 1. The van der Waals surface area contributed by atoms with E-state index >= 15 is 0 Å². The van der Waals surface area contributed by atoms with Gasteiger partial charge in [0.2, 0.25) is 0 Å². The first kappa shape index (κ1) is 19.9. The van der Waals surface area contributed by atoms with Crippen molar-refractivity contribution in [2.45, 2.75) is 53.1 Å². The van der Waals surface area contributed by atoms with Crippen molar-refractivity contribution in [3.05, 3.63) is 58.4 Å². The van der Waals surface area contributed by atoms with Crippen LogP contribution in [0.1, 0.15) is 59.7 Å². The number of urea groups is 1. The van der Waals surface area contributed by atoms with Gasteiger partial charge in [-0.25, -0.2) is 4.79 Å². The molecule has 0 radical (unpaired) electrons. The van der Waals surface area contributed by atoms with Gasteiger partial charge in [0.05, 0.1) is 6.54 Å². The zero-order chi connectivity index (χ0) is 20.8. The van der Waals surface area contributed by atoms with E-state index in [2.05, 4.69) is 23.7 Å². The van der Waals surface area contributed by atoms with Crippen molar-refractivity contribution >= 4 is 17.7 Å². The number of carbonyl (C=O) groups is 3. The highest BCUT2D eigenvalue weighted by Crippen LogP contribution is 2.29. The fraction of sp³-hybridized carbons (Fsp3) is 0.409. The molecular formula is C22H27N3O3. The van der Waals surface area contributed by atoms with Gasteiger partial charge in [-0.1, -0.05) is 29.8 Å². The van der Waals surface area contributed by atoms with E-state index in [1.54, 1.807) is 6.92 Å². The van der Waals surface area contributed by atoms with Crippen molar-refractivity contribution < 1.29 is 14.4 Å². The Hall–Kier alpha value is -2.89. The summed E-state index contributed by atoms with van der Waals surface area (Å²) in [5, 5.41) is 2.75. The molecule has 1 unspecified atom stereocenters. The Morgan fingerprint density at radius 2 is 1.71 bits per heavy atom. The summed E-state index contributed by atoms with van der Waals surface area (Å²) in [5.74, 6) is -0.649. The Morgan fingerprint density at radius 3 is 2.25 bits per heavy atom. The summed E-state index contributed by atoms with van der Waals surface area (Å²) in [6.07, 6.45) is 0. The Morgan fingerprint density at radius 1 is 1.11 bits per heavy atom. The molecular weight excluding hydrogens is 354 g/mol. The molecule has 6 heteroatoms. The number of amides is 3. The number of Topliss-reactive ketones (excluding diaryl/α,β-unsaturated/α-hetero) is 1. The molecule has 6 nitrogen and oxygen atoms in total. The van der Waals surface area contributed by atoms with Gasteiger partial charge in [0, 0.05) is 23.0 Å². The molecule has 2 aromatic rings. The van der Waals surface area contributed by atoms with Gasteiger partial charge in [-0.05, 0) is 53.2 Å². The van der Waals surface area contributed by atoms with Crippen molar-refractivity contribution in [2.24, 2.45) is 0 Å². The van der Waals surface area contributed by atoms with E-state index in [9.17, 15) is 14.4 Å². The Bertz CT molecular complexity index is 956. The molecule has 3 amide bonds. The van der Waals surface area contributed by atoms with Crippen molar-refractivity contribution in [3.8, 4) is 0 Å². The summed E-state index contributed by atoms with van der Waals surface area (Å²) >= 11 is 0. The number of hydrogen-bond acceptors (Lipinski definition) is 3. The highest BCUT2D eigenvalue weighted by Gasteiger charge is 2.49. The van der Waals surface area contributed by atoms with Gasteiger partial charge >= 0.3 is 6.03 Å². The molecule has 2 heterocycles. The number of carbonyl (C=O) groups excluding carboxylic acids is 3. The van der Waals surface area contributed by atoms with Crippen LogP contribution in [0, 0.1) is 20.8 Å². The number of benzene rings is 1. The molecule has 1 aliphatic heterocycles. The molecule has 1 aliphatic rings.